The molecule has 0 fully saturated rings. The zero-order valence-electron chi connectivity index (χ0n) is 17.2. The molecule has 2 heterocycles. The summed E-state index contributed by atoms with van der Waals surface area (Å²) < 4.78 is 5.89. The second kappa shape index (κ2) is 6.85. The summed E-state index contributed by atoms with van der Waals surface area (Å²) in [5.74, 6) is -0.289. The lowest BCUT2D eigenvalue weighted by molar-refractivity contribution is 0.0691. The molecule has 0 aliphatic carbocycles. The summed E-state index contributed by atoms with van der Waals surface area (Å²) in [7, 11) is 0. The van der Waals surface area contributed by atoms with Crippen molar-refractivity contribution in [3.63, 3.8) is 0 Å². The van der Waals surface area contributed by atoms with E-state index < -0.39 is 6.04 Å². The molecule has 0 radical (unpaired) electrons. The lowest BCUT2D eigenvalue weighted by atomic mass is 9.86. The number of hydrogen-bond donors (Lipinski definition) is 1. The summed E-state index contributed by atoms with van der Waals surface area (Å²) >= 11 is 0. The molecule has 29 heavy (non-hydrogen) atoms. The highest BCUT2D eigenvalue weighted by Gasteiger charge is 2.42. The first kappa shape index (κ1) is 19.4. The fourth-order valence-corrected chi connectivity index (χ4v) is 3.98. The zero-order chi connectivity index (χ0) is 20.9. The normalized spacial score (nSPS) is 16.5. The average molecular weight is 391 g/mol. The van der Waals surface area contributed by atoms with Crippen LogP contribution in [0.2, 0.25) is 0 Å². The number of hydrogen-bond acceptors (Lipinski definition) is 4. The third-order valence-corrected chi connectivity index (χ3v) is 5.55. The maximum absolute atomic E-state index is 13.4. The number of amides is 1. The summed E-state index contributed by atoms with van der Waals surface area (Å²) in [6.07, 6.45) is 0. The number of fused-ring (bicyclic) bond motifs is 2. The number of nitrogens with zero attached hydrogens (tertiary/aromatic N) is 1. The van der Waals surface area contributed by atoms with Crippen molar-refractivity contribution in [1.29, 1.82) is 0 Å². The Morgan fingerprint density at radius 1 is 1.07 bits per heavy atom. The highest BCUT2D eigenvalue weighted by molar-refractivity contribution is 5.99. The van der Waals surface area contributed by atoms with Crippen LogP contribution in [-0.4, -0.2) is 29.1 Å². The number of carbonyl (C=O) groups is 1. The van der Waals surface area contributed by atoms with E-state index in [-0.39, 0.29) is 35.7 Å². The first-order valence-corrected chi connectivity index (χ1v) is 9.82. The topological polar surface area (TPSA) is 70.8 Å². The van der Waals surface area contributed by atoms with Crippen molar-refractivity contribution in [2.24, 2.45) is 0 Å². The van der Waals surface area contributed by atoms with Crippen LogP contribution in [0.3, 0.4) is 0 Å². The maximum atomic E-state index is 13.4. The van der Waals surface area contributed by atoms with E-state index >= 15 is 0 Å². The van der Waals surface area contributed by atoms with E-state index in [1.54, 1.807) is 12.1 Å². The molecule has 2 aromatic carbocycles. The van der Waals surface area contributed by atoms with Crippen molar-refractivity contribution in [1.82, 2.24) is 4.90 Å². The van der Waals surface area contributed by atoms with E-state index in [1.807, 2.05) is 37.3 Å². The van der Waals surface area contributed by atoms with Crippen molar-refractivity contribution in [3.05, 3.63) is 80.7 Å². The van der Waals surface area contributed by atoms with E-state index in [4.69, 9.17) is 4.42 Å². The molecule has 5 nitrogen and oxygen atoms in total. The van der Waals surface area contributed by atoms with Crippen LogP contribution < -0.4 is 5.43 Å². The zero-order valence-corrected chi connectivity index (χ0v) is 17.2. The third-order valence-electron chi connectivity index (χ3n) is 5.55. The lowest BCUT2D eigenvalue weighted by Gasteiger charge is -2.25. The number of aliphatic hydroxyl groups is 1. The molecule has 0 spiro atoms. The first-order valence-electron chi connectivity index (χ1n) is 9.82. The van der Waals surface area contributed by atoms with Gasteiger partial charge in [-0.15, -0.1) is 0 Å². The van der Waals surface area contributed by atoms with Gasteiger partial charge in [-0.2, -0.15) is 0 Å². The lowest BCUT2D eigenvalue weighted by Crippen LogP contribution is -2.32. The van der Waals surface area contributed by atoms with Crippen molar-refractivity contribution in [3.8, 4) is 0 Å². The molecule has 0 unspecified atom stereocenters. The molecular weight excluding hydrogens is 366 g/mol. The van der Waals surface area contributed by atoms with Crippen LogP contribution >= 0.6 is 0 Å². The van der Waals surface area contributed by atoms with Gasteiger partial charge in [0.25, 0.3) is 5.91 Å². The van der Waals surface area contributed by atoms with Gasteiger partial charge in [-0.1, -0.05) is 56.7 Å². The Labute approximate surface area is 169 Å². The van der Waals surface area contributed by atoms with E-state index in [0.29, 0.717) is 16.5 Å². The summed E-state index contributed by atoms with van der Waals surface area (Å²) in [6.45, 7) is 8.26. The Morgan fingerprint density at radius 2 is 1.76 bits per heavy atom. The Balaban J connectivity index is 1.94. The largest absolute Gasteiger partial charge is 0.450 e. The molecule has 0 saturated carbocycles. The smallest absolute Gasteiger partial charge is 0.290 e. The van der Waals surface area contributed by atoms with Crippen LogP contribution in [0.1, 0.15) is 59.6 Å². The van der Waals surface area contributed by atoms with Gasteiger partial charge in [0.2, 0.25) is 5.76 Å². The number of benzene rings is 2. The van der Waals surface area contributed by atoms with Crippen LogP contribution in [0.5, 0.6) is 0 Å². The summed E-state index contributed by atoms with van der Waals surface area (Å²) in [5, 5.41) is 10.0. The van der Waals surface area contributed by atoms with Gasteiger partial charge in [0.05, 0.1) is 23.6 Å². The third kappa shape index (κ3) is 3.15. The van der Waals surface area contributed by atoms with Gasteiger partial charge in [0.1, 0.15) is 5.58 Å². The molecule has 1 aliphatic heterocycles. The van der Waals surface area contributed by atoms with Crippen LogP contribution in [0.15, 0.2) is 51.7 Å². The molecule has 5 heteroatoms. The minimum Gasteiger partial charge on any atom is -0.450 e. The highest BCUT2D eigenvalue weighted by atomic mass is 16.3. The van der Waals surface area contributed by atoms with Crippen molar-refractivity contribution in [2.45, 2.75) is 39.2 Å². The van der Waals surface area contributed by atoms with Gasteiger partial charge < -0.3 is 14.4 Å². The standard InChI is InChI=1S/C24H25NO4/c1-14-5-10-18-17(13-14)21(27)19-20(25(11-12-26)23(28)22(19)29-18)15-6-8-16(9-7-15)24(2,3)4/h5-10,13,20,26H,11-12H2,1-4H3/t20-/m0/s1. The summed E-state index contributed by atoms with van der Waals surface area (Å²) in [5.41, 5.74) is 3.51. The molecule has 150 valence electrons. The molecule has 0 saturated heterocycles. The molecular formula is C24H25NO4. The average Bonchev–Trinajstić information content (AvgIpc) is 2.95. The van der Waals surface area contributed by atoms with Crippen molar-refractivity contribution < 1.29 is 14.3 Å². The number of β-amino-alcohol motifs (C(OH)–C–C–N with tert-alkyl or cyclic N) is 1. The van der Waals surface area contributed by atoms with Gasteiger partial charge in [-0.3, -0.25) is 9.59 Å². The number of aryl methyl sites for hydroxylation is 1. The second-order valence-corrected chi connectivity index (χ2v) is 8.67. The minimum atomic E-state index is -0.570. The molecule has 0 bridgehead atoms. The van der Waals surface area contributed by atoms with E-state index in [2.05, 4.69) is 20.8 Å². The Bertz CT molecular complexity index is 1150. The summed E-state index contributed by atoms with van der Waals surface area (Å²) in [4.78, 5) is 27.9. The summed E-state index contributed by atoms with van der Waals surface area (Å²) in [6, 6.07) is 12.8. The number of carbonyl (C=O) groups excluding carboxylic acids is 1. The van der Waals surface area contributed by atoms with E-state index in [1.165, 1.54) is 10.5 Å². The fraction of sp³-hybridized carbons (Fsp3) is 0.333. The van der Waals surface area contributed by atoms with E-state index in [0.717, 1.165) is 11.1 Å². The second-order valence-electron chi connectivity index (χ2n) is 8.67. The van der Waals surface area contributed by atoms with Crippen LogP contribution in [-0.2, 0) is 5.41 Å². The van der Waals surface area contributed by atoms with Gasteiger partial charge in [-0.25, -0.2) is 0 Å². The quantitative estimate of drug-likeness (QED) is 0.734. The monoisotopic (exact) mass is 391 g/mol. The molecule has 4 rings (SSSR count). The number of rotatable bonds is 3. The molecule has 1 atom stereocenters. The Kier molecular flexibility index (Phi) is 4.58. The first-order chi connectivity index (χ1) is 13.7. The Morgan fingerprint density at radius 3 is 2.38 bits per heavy atom. The molecule has 1 aliphatic rings. The van der Waals surface area contributed by atoms with Crippen LogP contribution in [0, 0.1) is 6.92 Å². The van der Waals surface area contributed by atoms with Gasteiger partial charge in [-0.05, 0) is 35.6 Å². The Hall–Kier alpha value is -2.92. The van der Waals surface area contributed by atoms with Gasteiger partial charge in [0.15, 0.2) is 5.43 Å². The molecule has 1 amide bonds. The van der Waals surface area contributed by atoms with Crippen molar-refractivity contribution >= 4 is 16.9 Å². The van der Waals surface area contributed by atoms with E-state index in [9.17, 15) is 14.7 Å². The van der Waals surface area contributed by atoms with Crippen LogP contribution in [0.4, 0.5) is 0 Å². The molecule has 1 aromatic heterocycles. The van der Waals surface area contributed by atoms with Crippen LogP contribution in [0.25, 0.3) is 11.0 Å². The van der Waals surface area contributed by atoms with Crippen molar-refractivity contribution in [2.75, 3.05) is 13.2 Å². The minimum absolute atomic E-state index is 0.000521. The maximum Gasteiger partial charge on any atom is 0.290 e. The number of aliphatic hydroxyl groups excluding tert-OH is 1. The molecule has 1 N–H and O–H groups in total. The predicted octanol–water partition coefficient (Wildman–Crippen LogP) is 3.94. The highest BCUT2D eigenvalue weighted by Crippen LogP contribution is 2.38. The molecule has 3 aromatic rings. The van der Waals surface area contributed by atoms with Gasteiger partial charge >= 0.3 is 0 Å². The van der Waals surface area contributed by atoms with Gasteiger partial charge in [0, 0.05) is 6.54 Å². The predicted molar refractivity (Wildman–Crippen MR) is 112 cm³/mol. The SMILES string of the molecule is Cc1ccc2oc3c(c(=O)c2c1)[C@H](c1ccc(C(C)(C)C)cc1)N(CCO)C3=O. The fourth-order valence-electron chi connectivity index (χ4n) is 3.98.